The molecule has 20 heavy (non-hydrogen) atoms. The lowest BCUT2D eigenvalue weighted by Crippen LogP contribution is -2.17. The minimum absolute atomic E-state index is 0.245. The number of benzene rings is 1. The molecular weight excluding hydrogens is 258 g/mol. The zero-order chi connectivity index (χ0) is 14.5. The molecule has 104 valence electrons. The lowest BCUT2D eigenvalue weighted by Gasteiger charge is -2.06. The molecule has 1 aromatic heterocycles. The van der Waals surface area contributed by atoms with Gasteiger partial charge in [-0.05, 0) is 23.6 Å². The standard InChI is InChI=1S/C14H15N3O3/c1-14(2)10(11(14)13(19)20)12(18)16-8-3-4-9-7(5-8)6-15-17-9/h3-6,10-11H,1-2H3,(H,15,17)(H,16,18)(H,19,20). The molecule has 0 spiro atoms. The van der Waals surface area contributed by atoms with Crippen LogP contribution in [0.2, 0.25) is 0 Å². The molecule has 3 rings (SSSR count). The number of carbonyl (C=O) groups excluding carboxylic acids is 1. The fourth-order valence-corrected chi connectivity index (χ4v) is 2.83. The number of hydrogen-bond acceptors (Lipinski definition) is 3. The molecule has 0 bridgehead atoms. The van der Waals surface area contributed by atoms with Crippen LogP contribution in [-0.2, 0) is 9.59 Å². The van der Waals surface area contributed by atoms with Gasteiger partial charge in [-0.15, -0.1) is 0 Å². The van der Waals surface area contributed by atoms with Gasteiger partial charge in [-0.1, -0.05) is 13.8 Å². The summed E-state index contributed by atoms with van der Waals surface area (Å²) < 4.78 is 0. The summed E-state index contributed by atoms with van der Waals surface area (Å²) in [7, 11) is 0. The van der Waals surface area contributed by atoms with Crippen LogP contribution >= 0.6 is 0 Å². The summed E-state index contributed by atoms with van der Waals surface area (Å²) in [5.74, 6) is -2.26. The van der Waals surface area contributed by atoms with Crippen molar-refractivity contribution in [1.29, 1.82) is 0 Å². The van der Waals surface area contributed by atoms with E-state index in [1.807, 2.05) is 12.1 Å². The van der Waals surface area contributed by atoms with Gasteiger partial charge < -0.3 is 10.4 Å². The number of hydrogen-bond donors (Lipinski definition) is 3. The van der Waals surface area contributed by atoms with Gasteiger partial charge in [0.15, 0.2) is 0 Å². The topological polar surface area (TPSA) is 95.1 Å². The number of amides is 1. The highest BCUT2D eigenvalue weighted by atomic mass is 16.4. The predicted octanol–water partition coefficient (Wildman–Crippen LogP) is 1.86. The van der Waals surface area contributed by atoms with Crippen molar-refractivity contribution in [2.45, 2.75) is 13.8 Å². The van der Waals surface area contributed by atoms with Crippen molar-refractivity contribution in [1.82, 2.24) is 10.2 Å². The number of anilines is 1. The number of carboxylic acid groups (broad SMARTS) is 1. The Morgan fingerprint density at radius 1 is 1.35 bits per heavy atom. The van der Waals surface area contributed by atoms with Crippen LogP contribution in [0.4, 0.5) is 5.69 Å². The Balaban J connectivity index is 1.78. The molecule has 1 aromatic carbocycles. The van der Waals surface area contributed by atoms with Crippen molar-refractivity contribution >= 4 is 28.5 Å². The van der Waals surface area contributed by atoms with Crippen LogP contribution in [0.5, 0.6) is 0 Å². The Kier molecular flexibility index (Phi) is 2.57. The summed E-state index contributed by atoms with van der Waals surface area (Å²) in [6, 6.07) is 5.40. The zero-order valence-electron chi connectivity index (χ0n) is 11.2. The number of carbonyl (C=O) groups is 2. The average Bonchev–Trinajstić information content (AvgIpc) is 2.73. The first-order valence-electron chi connectivity index (χ1n) is 6.38. The molecular formula is C14H15N3O3. The zero-order valence-corrected chi connectivity index (χ0v) is 11.2. The van der Waals surface area contributed by atoms with Gasteiger partial charge in [0, 0.05) is 11.1 Å². The molecule has 2 aromatic rings. The van der Waals surface area contributed by atoms with Crippen molar-refractivity contribution in [3.05, 3.63) is 24.4 Å². The van der Waals surface area contributed by atoms with Crippen LogP contribution in [-0.4, -0.2) is 27.2 Å². The first kappa shape index (κ1) is 12.7. The molecule has 6 nitrogen and oxygen atoms in total. The predicted molar refractivity (Wildman–Crippen MR) is 73.1 cm³/mol. The second-order valence-electron chi connectivity index (χ2n) is 5.78. The fourth-order valence-electron chi connectivity index (χ4n) is 2.83. The van der Waals surface area contributed by atoms with Crippen LogP contribution in [0.15, 0.2) is 24.4 Å². The molecule has 1 saturated carbocycles. The van der Waals surface area contributed by atoms with Crippen molar-refractivity contribution in [2.24, 2.45) is 17.3 Å². The van der Waals surface area contributed by atoms with E-state index in [-0.39, 0.29) is 5.91 Å². The van der Waals surface area contributed by atoms with Crippen molar-refractivity contribution in [3.63, 3.8) is 0 Å². The number of aromatic amines is 1. The Morgan fingerprint density at radius 2 is 2.10 bits per heavy atom. The summed E-state index contributed by atoms with van der Waals surface area (Å²) in [5, 5.41) is 19.5. The van der Waals surface area contributed by atoms with E-state index in [0.29, 0.717) is 5.69 Å². The Hall–Kier alpha value is -2.37. The van der Waals surface area contributed by atoms with Crippen LogP contribution in [0, 0.1) is 17.3 Å². The average molecular weight is 273 g/mol. The number of fused-ring (bicyclic) bond motifs is 1. The largest absolute Gasteiger partial charge is 0.481 e. The third-order valence-corrected chi connectivity index (χ3v) is 4.08. The summed E-state index contributed by atoms with van der Waals surface area (Å²) in [5.41, 5.74) is 1.05. The Bertz CT molecular complexity index is 705. The lowest BCUT2D eigenvalue weighted by molar-refractivity contribution is -0.140. The number of carboxylic acids is 1. The molecule has 1 aliphatic carbocycles. The number of aliphatic carboxylic acids is 1. The van der Waals surface area contributed by atoms with Crippen LogP contribution in [0.1, 0.15) is 13.8 Å². The van der Waals surface area contributed by atoms with Gasteiger partial charge in [-0.25, -0.2) is 0 Å². The molecule has 1 aliphatic rings. The Morgan fingerprint density at radius 3 is 2.75 bits per heavy atom. The second-order valence-corrected chi connectivity index (χ2v) is 5.78. The van der Waals surface area contributed by atoms with Gasteiger partial charge in [-0.3, -0.25) is 14.7 Å². The molecule has 1 fully saturated rings. The molecule has 2 unspecified atom stereocenters. The van der Waals surface area contributed by atoms with E-state index >= 15 is 0 Å². The van der Waals surface area contributed by atoms with Crippen molar-refractivity contribution in [3.8, 4) is 0 Å². The van der Waals surface area contributed by atoms with E-state index < -0.39 is 23.2 Å². The maximum absolute atomic E-state index is 12.2. The molecule has 0 aliphatic heterocycles. The number of H-pyrrole nitrogens is 1. The summed E-state index contributed by atoms with van der Waals surface area (Å²) in [6.45, 7) is 3.60. The smallest absolute Gasteiger partial charge is 0.307 e. The van der Waals surface area contributed by atoms with E-state index in [1.54, 1.807) is 26.1 Å². The number of nitrogens with one attached hydrogen (secondary N) is 2. The highest BCUT2D eigenvalue weighted by Gasteiger charge is 2.65. The third kappa shape index (κ3) is 1.84. The molecule has 1 amide bonds. The molecule has 6 heteroatoms. The van der Waals surface area contributed by atoms with E-state index in [9.17, 15) is 9.59 Å². The van der Waals surface area contributed by atoms with Gasteiger partial charge >= 0.3 is 5.97 Å². The quantitative estimate of drug-likeness (QED) is 0.795. The summed E-state index contributed by atoms with van der Waals surface area (Å²) in [4.78, 5) is 23.3. The monoisotopic (exact) mass is 273 g/mol. The minimum atomic E-state index is -0.916. The van der Waals surface area contributed by atoms with Gasteiger partial charge in [0.25, 0.3) is 0 Å². The molecule has 0 saturated heterocycles. The van der Waals surface area contributed by atoms with E-state index in [2.05, 4.69) is 15.5 Å². The molecule has 3 N–H and O–H groups in total. The van der Waals surface area contributed by atoms with E-state index in [0.717, 1.165) is 10.9 Å². The van der Waals surface area contributed by atoms with Crippen LogP contribution < -0.4 is 5.32 Å². The molecule has 2 atom stereocenters. The van der Waals surface area contributed by atoms with E-state index in [4.69, 9.17) is 5.11 Å². The number of nitrogens with zero attached hydrogens (tertiary/aromatic N) is 1. The van der Waals surface area contributed by atoms with Gasteiger partial charge in [0.2, 0.25) is 5.91 Å². The van der Waals surface area contributed by atoms with E-state index in [1.165, 1.54) is 0 Å². The highest BCUT2D eigenvalue weighted by Crippen LogP contribution is 2.58. The lowest BCUT2D eigenvalue weighted by atomic mass is 10.1. The van der Waals surface area contributed by atoms with Gasteiger partial charge in [0.05, 0.1) is 23.5 Å². The minimum Gasteiger partial charge on any atom is -0.481 e. The van der Waals surface area contributed by atoms with Gasteiger partial charge in [-0.2, -0.15) is 5.10 Å². The van der Waals surface area contributed by atoms with Gasteiger partial charge in [0.1, 0.15) is 0 Å². The maximum Gasteiger partial charge on any atom is 0.307 e. The van der Waals surface area contributed by atoms with Crippen molar-refractivity contribution < 1.29 is 14.7 Å². The summed E-state index contributed by atoms with van der Waals surface area (Å²) >= 11 is 0. The number of rotatable bonds is 3. The molecule has 0 radical (unpaired) electrons. The highest BCUT2D eigenvalue weighted by molar-refractivity contribution is 6.00. The number of aromatic nitrogens is 2. The fraction of sp³-hybridized carbons (Fsp3) is 0.357. The second kappa shape index (κ2) is 4.06. The summed E-state index contributed by atoms with van der Waals surface area (Å²) in [6.07, 6.45) is 1.67. The first-order chi connectivity index (χ1) is 9.41. The maximum atomic E-state index is 12.2. The first-order valence-corrected chi connectivity index (χ1v) is 6.38. The van der Waals surface area contributed by atoms with Crippen molar-refractivity contribution in [2.75, 3.05) is 5.32 Å². The third-order valence-electron chi connectivity index (χ3n) is 4.08. The Labute approximate surface area is 115 Å². The molecule has 1 heterocycles. The van der Waals surface area contributed by atoms with Crippen LogP contribution in [0.3, 0.4) is 0 Å². The van der Waals surface area contributed by atoms with Crippen LogP contribution in [0.25, 0.3) is 10.9 Å². The normalized spacial score (nSPS) is 23.5. The SMILES string of the molecule is CC1(C)C(C(=O)O)C1C(=O)Nc1ccc2[nH]ncc2c1.